The summed E-state index contributed by atoms with van der Waals surface area (Å²) in [5.41, 5.74) is 0.309. The van der Waals surface area contributed by atoms with E-state index >= 15 is 0 Å². The Kier molecular flexibility index (Phi) is 6.66. The molecular formula is C17H33N3O2. The van der Waals surface area contributed by atoms with Crippen LogP contribution in [0.25, 0.3) is 0 Å². The van der Waals surface area contributed by atoms with E-state index in [0.29, 0.717) is 18.7 Å². The number of rotatable bonds is 6. The van der Waals surface area contributed by atoms with E-state index in [4.69, 9.17) is 4.74 Å². The molecule has 0 bridgehead atoms. The average Bonchev–Trinajstić information content (AvgIpc) is 2.51. The van der Waals surface area contributed by atoms with Gasteiger partial charge in [0, 0.05) is 44.8 Å². The topological polar surface area (TPSA) is 36.0 Å². The number of ether oxygens (including phenoxy) is 1. The summed E-state index contributed by atoms with van der Waals surface area (Å²) in [4.78, 5) is 19.1. The van der Waals surface area contributed by atoms with E-state index in [0.717, 1.165) is 38.8 Å². The number of likely N-dealkylation sites (N-methyl/N-ethyl adjacent to an activating group) is 1. The normalized spacial score (nSPS) is 24.3. The minimum absolute atomic E-state index is 0.0587. The van der Waals surface area contributed by atoms with Gasteiger partial charge in [0.25, 0.3) is 0 Å². The maximum absolute atomic E-state index is 11.8. The van der Waals surface area contributed by atoms with Gasteiger partial charge in [0.15, 0.2) is 0 Å². The molecule has 0 amide bonds. The predicted molar refractivity (Wildman–Crippen MR) is 89.0 cm³/mol. The van der Waals surface area contributed by atoms with Crippen molar-refractivity contribution in [2.24, 2.45) is 0 Å². The molecule has 2 saturated heterocycles. The lowest BCUT2D eigenvalue weighted by Gasteiger charge is -2.49. The van der Waals surface area contributed by atoms with Crippen LogP contribution < -0.4 is 0 Å². The highest BCUT2D eigenvalue weighted by atomic mass is 16.5. The predicted octanol–water partition coefficient (Wildman–Crippen LogP) is 1.43. The summed E-state index contributed by atoms with van der Waals surface area (Å²) >= 11 is 0. The van der Waals surface area contributed by atoms with Crippen molar-refractivity contribution in [3.8, 4) is 0 Å². The van der Waals surface area contributed by atoms with Gasteiger partial charge in [-0.25, -0.2) is 0 Å². The third-order valence-electron chi connectivity index (χ3n) is 5.31. The van der Waals surface area contributed by atoms with E-state index in [1.165, 1.54) is 26.2 Å². The standard InChI is InChI=1S/C17H33N3O2/c1-4-5-14-22-16(21)15-19-8-6-17(2,7-9-19)20-12-10-18(3)11-13-20/h4-15H2,1-3H3. The van der Waals surface area contributed by atoms with Gasteiger partial charge in [-0.2, -0.15) is 0 Å². The van der Waals surface area contributed by atoms with Crippen LogP contribution in [-0.2, 0) is 9.53 Å². The largest absolute Gasteiger partial charge is 0.465 e. The molecule has 2 rings (SSSR count). The van der Waals surface area contributed by atoms with Crippen LogP contribution in [0.3, 0.4) is 0 Å². The van der Waals surface area contributed by atoms with Gasteiger partial charge < -0.3 is 9.64 Å². The highest BCUT2D eigenvalue weighted by Crippen LogP contribution is 2.29. The number of piperazine rings is 1. The second kappa shape index (κ2) is 8.27. The van der Waals surface area contributed by atoms with Gasteiger partial charge in [0.05, 0.1) is 13.2 Å². The van der Waals surface area contributed by atoms with Gasteiger partial charge >= 0.3 is 5.97 Å². The van der Waals surface area contributed by atoms with Crippen LogP contribution in [0.5, 0.6) is 0 Å². The second-order valence-electron chi connectivity index (χ2n) is 7.14. The molecule has 0 N–H and O–H groups in total. The lowest BCUT2D eigenvalue weighted by molar-refractivity contribution is -0.145. The molecule has 0 atom stereocenters. The first kappa shape index (κ1) is 17.7. The average molecular weight is 311 g/mol. The van der Waals surface area contributed by atoms with Gasteiger partial charge in [-0.15, -0.1) is 0 Å². The Morgan fingerprint density at radius 1 is 1.09 bits per heavy atom. The quantitative estimate of drug-likeness (QED) is 0.548. The van der Waals surface area contributed by atoms with Crippen molar-refractivity contribution in [3.05, 3.63) is 0 Å². The lowest BCUT2D eigenvalue weighted by atomic mass is 9.87. The van der Waals surface area contributed by atoms with Gasteiger partial charge in [0.2, 0.25) is 0 Å². The molecule has 128 valence electrons. The monoisotopic (exact) mass is 311 g/mol. The molecule has 0 radical (unpaired) electrons. The Hall–Kier alpha value is -0.650. The third kappa shape index (κ3) is 4.93. The molecule has 2 aliphatic rings. The third-order valence-corrected chi connectivity index (χ3v) is 5.31. The molecule has 2 heterocycles. The number of nitrogens with zero attached hydrogens (tertiary/aromatic N) is 3. The molecule has 5 heteroatoms. The first-order valence-electron chi connectivity index (χ1n) is 8.85. The summed E-state index contributed by atoms with van der Waals surface area (Å²) in [6.45, 7) is 12.2. The Balaban J connectivity index is 1.71. The Bertz CT molecular complexity index is 346. The zero-order chi connectivity index (χ0) is 16.0. The maximum Gasteiger partial charge on any atom is 0.320 e. The zero-order valence-corrected chi connectivity index (χ0v) is 14.6. The number of unbranched alkanes of at least 4 members (excludes halogenated alkanes) is 1. The zero-order valence-electron chi connectivity index (χ0n) is 14.6. The van der Waals surface area contributed by atoms with Crippen LogP contribution in [0.2, 0.25) is 0 Å². The number of carbonyl (C=O) groups excluding carboxylic acids is 1. The van der Waals surface area contributed by atoms with Crippen molar-refractivity contribution >= 4 is 5.97 Å². The van der Waals surface area contributed by atoms with Crippen molar-refractivity contribution < 1.29 is 9.53 Å². The molecule has 22 heavy (non-hydrogen) atoms. The number of hydrogen-bond donors (Lipinski definition) is 0. The smallest absolute Gasteiger partial charge is 0.320 e. The molecule has 0 aromatic carbocycles. The number of hydrogen-bond acceptors (Lipinski definition) is 5. The molecule has 0 saturated carbocycles. The minimum atomic E-state index is -0.0587. The number of likely N-dealkylation sites (tertiary alicyclic amines) is 1. The SMILES string of the molecule is CCCCOC(=O)CN1CCC(C)(N2CCN(C)CC2)CC1. The molecule has 0 unspecified atom stereocenters. The maximum atomic E-state index is 11.8. The Morgan fingerprint density at radius 2 is 1.73 bits per heavy atom. The molecule has 2 fully saturated rings. The van der Waals surface area contributed by atoms with E-state index in [1.807, 2.05) is 0 Å². The Morgan fingerprint density at radius 3 is 2.32 bits per heavy atom. The van der Waals surface area contributed by atoms with E-state index in [2.05, 4.69) is 35.6 Å². The van der Waals surface area contributed by atoms with Gasteiger partial charge in [-0.1, -0.05) is 13.3 Å². The summed E-state index contributed by atoms with van der Waals surface area (Å²) in [7, 11) is 2.20. The first-order valence-corrected chi connectivity index (χ1v) is 8.85. The van der Waals surface area contributed by atoms with E-state index < -0.39 is 0 Å². The van der Waals surface area contributed by atoms with Gasteiger partial charge in [-0.05, 0) is 33.2 Å². The fourth-order valence-corrected chi connectivity index (χ4v) is 3.41. The molecule has 0 aromatic heterocycles. The van der Waals surface area contributed by atoms with Crippen molar-refractivity contribution in [1.29, 1.82) is 0 Å². The van der Waals surface area contributed by atoms with E-state index in [1.54, 1.807) is 0 Å². The fourth-order valence-electron chi connectivity index (χ4n) is 3.41. The van der Waals surface area contributed by atoms with Crippen molar-refractivity contribution in [1.82, 2.24) is 14.7 Å². The van der Waals surface area contributed by atoms with Gasteiger partial charge in [-0.3, -0.25) is 14.6 Å². The number of piperidine rings is 1. The number of carbonyl (C=O) groups is 1. The van der Waals surface area contributed by atoms with E-state index in [9.17, 15) is 4.79 Å². The minimum Gasteiger partial charge on any atom is -0.465 e. The van der Waals surface area contributed by atoms with Crippen LogP contribution in [-0.4, -0.2) is 85.7 Å². The summed E-state index contributed by atoms with van der Waals surface area (Å²) in [5.74, 6) is -0.0587. The number of esters is 1. The van der Waals surface area contributed by atoms with Crippen LogP contribution in [0.15, 0.2) is 0 Å². The molecule has 0 aliphatic carbocycles. The van der Waals surface area contributed by atoms with Crippen LogP contribution in [0.4, 0.5) is 0 Å². The van der Waals surface area contributed by atoms with Gasteiger partial charge in [0.1, 0.15) is 0 Å². The first-order chi connectivity index (χ1) is 10.5. The van der Waals surface area contributed by atoms with Crippen molar-refractivity contribution in [3.63, 3.8) is 0 Å². The molecule has 0 aromatic rings. The highest BCUT2D eigenvalue weighted by Gasteiger charge is 2.36. The molecule has 2 aliphatic heterocycles. The summed E-state index contributed by atoms with van der Waals surface area (Å²) in [6.07, 6.45) is 4.34. The molecule has 5 nitrogen and oxygen atoms in total. The fraction of sp³-hybridized carbons (Fsp3) is 0.941. The lowest BCUT2D eigenvalue weighted by Crippen LogP contribution is -2.59. The molecular weight excluding hydrogens is 278 g/mol. The highest BCUT2D eigenvalue weighted by molar-refractivity contribution is 5.71. The van der Waals surface area contributed by atoms with Crippen molar-refractivity contribution in [2.75, 3.05) is 59.5 Å². The summed E-state index contributed by atoms with van der Waals surface area (Å²) in [5, 5.41) is 0. The summed E-state index contributed by atoms with van der Waals surface area (Å²) < 4.78 is 5.27. The van der Waals surface area contributed by atoms with Crippen molar-refractivity contribution in [2.45, 2.75) is 45.1 Å². The summed E-state index contributed by atoms with van der Waals surface area (Å²) in [6, 6.07) is 0. The second-order valence-corrected chi connectivity index (χ2v) is 7.14. The van der Waals surface area contributed by atoms with Crippen LogP contribution in [0, 0.1) is 0 Å². The molecule has 0 spiro atoms. The van der Waals surface area contributed by atoms with Crippen LogP contribution in [0.1, 0.15) is 39.5 Å². The Labute approximate surface area is 135 Å². The van der Waals surface area contributed by atoms with Crippen LogP contribution >= 0.6 is 0 Å². The van der Waals surface area contributed by atoms with E-state index in [-0.39, 0.29) is 5.97 Å².